The Hall–Kier alpha value is -3.19. The van der Waals surface area contributed by atoms with Gasteiger partial charge in [0.05, 0.1) is 23.7 Å². The van der Waals surface area contributed by atoms with E-state index in [1.54, 1.807) is 28.9 Å². The Morgan fingerprint density at radius 2 is 1.80 bits per heavy atom. The van der Waals surface area contributed by atoms with Gasteiger partial charge in [-0.15, -0.1) is 5.10 Å². The third kappa shape index (κ3) is 3.80. The highest BCUT2D eigenvalue weighted by Gasteiger charge is 2.32. The topological polar surface area (TPSA) is 68.1 Å². The predicted molar refractivity (Wildman–Crippen MR) is 118 cm³/mol. The molecule has 0 unspecified atom stereocenters. The summed E-state index contributed by atoms with van der Waals surface area (Å²) < 4.78 is 30.2. The van der Waals surface area contributed by atoms with E-state index in [0.717, 1.165) is 28.0 Å². The van der Waals surface area contributed by atoms with Crippen molar-refractivity contribution in [1.29, 1.82) is 0 Å². The van der Waals surface area contributed by atoms with Gasteiger partial charge in [0, 0.05) is 6.42 Å². The first-order valence-corrected chi connectivity index (χ1v) is 11.2. The average Bonchev–Trinajstić information content (AvgIpc) is 2.99. The number of hydrogen-bond donors (Lipinski definition) is 0. The molecule has 0 amide bonds. The second kappa shape index (κ2) is 7.91. The van der Waals surface area contributed by atoms with Crippen LogP contribution in [0.5, 0.6) is 0 Å². The minimum atomic E-state index is -3.81. The molecule has 0 aliphatic carbocycles. The van der Waals surface area contributed by atoms with Gasteiger partial charge in [-0.05, 0) is 37.1 Å². The fourth-order valence-electron chi connectivity index (χ4n) is 3.46. The molecule has 0 saturated carbocycles. The molecule has 30 heavy (non-hydrogen) atoms. The van der Waals surface area contributed by atoms with Crippen LogP contribution in [0.2, 0.25) is 0 Å². The first-order chi connectivity index (χ1) is 14.4. The van der Waals surface area contributed by atoms with Gasteiger partial charge in [-0.3, -0.25) is 0 Å². The SMILES string of the molecule is C=C(C)C1=CCc2c(nnn2Cc2ccccc2)N(S(=O)(=O)c2ccc(C)cc2)C1. The van der Waals surface area contributed by atoms with Gasteiger partial charge in [-0.2, -0.15) is 0 Å². The Bertz CT molecular complexity index is 1210. The molecule has 1 aliphatic rings. The van der Waals surface area contributed by atoms with Crippen molar-refractivity contribution in [2.75, 3.05) is 10.8 Å². The number of anilines is 1. The maximum atomic E-state index is 13.5. The zero-order valence-electron chi connectivity index (χ0n) is 17.1. The van der Waals surface area contributed by atoms with Gasteiger partial charge in [0.25, 0.3) is 10.0 Å². The van der Waals surface area contributed by atoms with Crippen molar-refractivity contribution in [3.05, 3.63) is 95.2 Å². The molecular formula is C23H24N4O2S. The van der Waals surface area contributed by atoms with Gasteiger partial charge in [-0.1, -0.05) is 71.5 Å². The molecule has 0 fully saturated rings. The van der Waals surface area contributed by atoms with Crippen LogP contribution in [0.3, 0.4) is 0 Å². The van der Waals surface area contributed by atoms with E-state index in [1.165, 1.54) is 4.31 Å². The number of sulfonamides is 1. The minimum absolute atomic E-state index is 0.183. The molecule has 0 bridgehead atoms. The minimum Gasteiger partial charge on any atom is -0.242 e. The maximum Gasteiger partial charge on any atom is 0.265 e. The van der Waals surface area contributed by atoms with E-state index in [0.29, 0.717) is 18.8 Å². The van der Waals surface area contributed by atoms with E-state index >= 15 is 0 Å². The maximum absolute atomic E-state index is 13.5. The van der Waals surface area contributed by atoms with Crippen molar-refractivity contribution in [2.24, 2.45) is 0 Å². The van der Waals surface area contributed by atoms with Crippen molar-refractivity contribution in [3.8, 4) is 0 Å². The lowest BCUT2D eigenvalue weighted by molar-refractivity contribution is 0.592. The Morgan fingerprint density at radius 1 is 1.10 bits per heavy atom. The molecule has 0 atom stereocenters. The van der Waals surface area contributed by atoms with Crippen molar-refractivity contribution in [2.45, 2.75) is 31.7 Å². The van der Waals surface area contributed by atoms with Gasteiger partial charge < -0.3 is 0 Å². The summed E-state index contributed by atoms with van der Waals surface area (Å²) in [7, 11) is -3.81. The standard InChI is InChI=1S/C23H24N4O2S/c1-17(2)20-11-14-22-23(24-25-26(22)15-19-7-5-4-6-8-19)27(16-20)30(28,29)21-12-9-18(3)10-13-21/h4-13H,1,14-16H2,2-3H3. The molecule has 7 heteroatoms. The highest BCUT2D eigenvalue weighted by atomic mass is 32.2. The number of allylic oxidation sites excluding steroid dienone is 1. The highest BCUT2D eigenvalue weighted by molar-refractivity contribution is 7.92. The highest BCUT2D eigenvalue weighted by Crippen LogP contribution is 2.31. The van der Waals surface area contributed by atoms with Crippen molar-refractivity contribution in [1.82, 2.24) is 15.0 Å². The van der Waals surface area contributed by atoms with Gasteiger partial charge in [0.1, 0.15) is 0 Å². The lowest BCUT2D eigenvalue weighted by Crippen LogP contribution is -2.33. The van der Waals surface area contributed by atoms with Crippen LogP contribution in [-0.2, 0) is 23.0 Å². The molecule has 3 aromatic rings. The molecule has 154 valence electrons. The smallest absolute Gasteiger partial charge is 0.242 e. The van der Waals surface area contributed by atoms with E-state index in [-0.39, 0.29) is 11.4 Å². The van der Waals surface area contributed by atoms with Crippen LogP contribution in [0.4, 0.5) is 5.82 Å². The summed E-state index contributed by atoms with van der Waals surface area (Å²) in [6.07, 6.45) is 2.56. The van der Waals surface area contributed by atoms with Crippen LogP contribution < -0.4 is 4.31 Å². The number of aromatic nitrogens is 3. The molecule has 0 spiro atoms. The molecule has 2 aromatic carbocycles. The van der Waals surface area contributed by atoms with Gasteiger partial charge >= 0.3 is 0 Å². The van der Waals surface area contributed by atoms with E-state index in [4.69, 9.17) is 0 Å². The number of nitrogens with zero attached hydrogens (tertiary/aromatic N) is 4. The lowest BCUT2D eigenvalue weighted by Gasteiger charge is -2.23. The molecule has 0 N–H and O–H groups in total. The van der Waals surface area contributed by atoms with Gasteiger partial charge in [-0.25, -0.2) is 17.4 Å². The Kier molecular flexibility index (Phi) is 5.30. The summed E-state index contributed by atoms with van der Waals surface area (Å²) in [5.41, 5.74) is 4.57. The summed E-state index contributed by atoms with van der Waals surface area (Å²) in [4.78, 5) is 0.236. The Labute approximate surface area is 177 Å². The molecule has 4 rings (SSSR count). The molecule has 0 saturated heterocycles. The van der Waals surface area contributed by atoms with Crippen molar-refractivity contribution in [3.63, 3.8) is 0 Å². The zero-order valence-corrected chi connectivity index (χ0v) is 17.9. The third-order valence-electron chi connectivity index (χ3n) is 5.24. The lowest BCUT2D eigenvalue weighted by atomic mass is 10.1. The Morgan fingerprint density at radius 3 is 2.47 bits per heavy atom. The predicted octanol–water partition coefficient (Wildman–Crippen LogP) is 3.89. The van der Waals surface area contributed by atoms with E-state index in [2.05, 4.69) is 16.9 Å². The second-order valence-corrected chi connectivity index (χ2v) is 9.40. The van der Waals surface area contributed by atoms with Gasteiger partial charge in [0.15, 0.2) is 5.82 Å². The fraction of sp³-hybridized carbons (Fsp3) is 0.217. The zero-order chi connectivity index (χ0) is 21.3. The number of benzene rings is 2. The van der Waals surface area contributed by atoms with E-state index in [9.17, 15) is 8.42 Å². The summed E-state index contributed by atoms with van der Waals surface area (Å²) >= 11 is 0. The monoisotopic (exact) mass is 420 g/mol. The van der Waals surface area contributed by atoms with Crippen molar-refractivity contribution < 1.29 is 8.42 Å². The van der Waals surface area contributed by atoms with Crippen LogP contribution in [0.1, 0.15) is 23.7 Å². The summed E-state index contributed by atoms with van der Waals surface area (Å²) in [5.74, 6) is 0.374. The first kappa shape index (κ1) is 20.1. The first-order valence-electron chi connectivity index (χ1n) is 9.77. The van der Waals surface area contributed by atoms with Crippen LogP contribution >= 0.6 is 0 Å². The third-order valence-corrected chi connectivity index (χ3v) is 6.99. The molecule has 1 aliphatic heterocycles. The fourth-order valence-corrected chi connectivity index (χ4v) is 4.87. The Balaban J connectivity index is 1.80. The van der Waals surface area contributed by atoms with Crippen LogP contribution in [0.15, 0.2) is 83.3 Å². The second-order valence-electron chi connectivity index (χ2n) is 7.54. The molecule has 0 radical (unpaired) electrons. The van der Waals surface area contributed by atoms with Gasteiger partial charge in [0.2, 0.25) is 0 Å². The molecule has 1 aromatic heterocycles. The number of hydrogen-bond acceptors (Lipinski definition) is 4. The summed E-state index contributed by atoms with van der Waals surface area (Å²) in [6.45, 7) is 8.55. The quantitative estimate of drug-likeness (QED) is 0.628. The largest absolute Gasteiger partial charge is 0.265 e. The van der Waals surface area contributed by atoms with E-state index < -0.39 is 10.0 Å². The molecule has 2 heterocycles. The average molecular weight is 421 g/mol. The number of aryl methyl sites for hydroxylation is 1. The molecule has 6 nitrogen and oxygen atoms in total. The molecular weight excluding hydrogens is 396 g/mol. The van der Waals surface area contributed by atoms with Crippen LogP contribution in [0, 0.1) is 6.92 Å². The van der Waals surface area contributed by atoms with Crippen molar-refractivity contribution >= 4 is 15.8 Å². The number of rotatable bonds is 5. The van der Waals surface area contributed by atoms with Crippen LogP contribution in [0.25, 0.3) is 0 Å². The summed E-state index contributed by atoms with van der Waals surface area (Å²) in [6, 6.07) is 16.8. The van der Waals surface area contributed by atoms with E-state index in [1.807, 2.05) is 50.3 Å². The normalized spacial score (nSPS) is 14.1. The van der Waals surface area contributed by atoms with Crippen LogP contribution in [-0.4, -0.2) is 30.0 Å². The summed E-state index contributed by atoms with van der Waals surface area (Å²) in [5, 5.41) is 8.58. The number of fused-ring (bicyclic) bond motifs is 1.